The maximum Gasteiger partial charge on any atom is 0.272 e. The van der Waals surface area contributed by atoms with E-state index in [0.29, 0.717) is 30.9 Å². The average molecular weight is 373 g/mol. The molecule has 8 heteroatoms. The molecule has 0 saturated carbocycles. The number of nitrogens with zero attached hydrogens (tertiary/aromatic N) is 2. The topological polar surface area (TPSA) is 97.8 Å². The van der Waals surface area contributed by atoms with Crippen LogP contribution in [-0.2, 0) is 4.74 Å². The lowest BCUT2D eigenvalue weighted by atomic mass is 10.1. The van der Waals surface area contributed by atoms with Crippen molar-refractivity contribution in [3.8, 4) is 0 Å². The molecular weight excluding hydrogens is 350 g/mol. The Morgan fingerprint density at radius 1 is 1.26 bits per heavy atom. The highest BCUT2D eigenvalue weighted by Crippen LogP contribution is 2.24. The third-order valence-electron chi connectivity index (χ3n) is 4.69. The summed E-state index contributed by atoms with van der Waals surface area (Å²) < 4.78 is 11.2. The molecular formula is C19H23N3O5. The van der Waals surface area contributed by atoms with Gasteiger partial charge in [-0.3, -0.25) is 19.8 Å². The largest absolute Gasteiger partial charge is 0.465 e. The summed E-state index contributed by atoms with van der Waals surface area (Å²) in [4.78, 5) is 25.2. The zero-order valence-corrected chi connectivity index (χ0v) is 15.4. The fourth-order valence-corrected chi connectivity index (χ4v) is 3.22. The van der Waals surface area contributed by atoms with Crippen LogP contribution in [0.4, 0.5) is 5.69 Å². The third kappa shape index (κ3) is 4.53. The summed E-state index contributed by atoms with van der Waals surface area (Å²) in [5, 5.41) is 13.9. The van der Waals surface area contributed by atoms with Crippen LogP contribution >= 0.6 is 0 Å². The number of aryl methyl sites for hydroxylation is 2. The van der Waals surface area contributed by atoms with Crippen molar-refractivity contribution in [2.45, 2.75) is 19.9 Å². The standard InChI is InChI=1S/C19H23N3O5/c1-13-11-15(4-5-16(13)22(24)25)19(23)20-12-17(18-6-3-14(2)27-18)21-7-9-26-10-8-21/h3-6,11,17H,7-10,12H2,1-2H3,(H,20,23). The van der Waals surface area contributed by atoms with Crippen molar-refractivity contribution in [2.75, 3.05) is 32.8 Å². The van der Waals surface area contributed by atoms with Gasteiger partial charge in [0.25, 0.3) is 11.6 Å². The minimum absolute atomic E-state index is 0.00352. The monoisotopic (exact) mass is 373 g/mol. The number of morpholine rings is 1. The Balaban J connectivity index is 1.71. The van der Waals surface area contributed by atoms with Crippen molar-refractivity contribution in [3.05, 3.63) is 63.1 Å². The maximum absolute atomic E-state index is 12.5. The first-order chi connectivity index (χ1) is 13.0. The van der Waals surface area contributed by atoms with Gasteiger partial charge in [0, 0.05) is 36.8 Å². The van der Waals surface area contributed by atoms with Gasteiger partial charge in [-0.1, -0.05) is 0 Å². The smallest absolute Gasteiger partial charge is 0.272 e. The zero-order valence-electron chi connectivity index (χ0n) is 15.4. The Labute approximate surface area is 157 Å². The summed E-state index contributed by atoms with van der Waals surface area (Å²) in [7, 11) is 0. The summed E-state index contributed by atoms with van der Waals surface area (Å²) in [6.45, 7) is 6.70. The van der Waals surface area contributed by atoms with Gasteiger partial charge >= 0.3 is 0 Å². The number of nitro benzene ring substituents is 1. The van der Waals surface area contributed by atoms with E-state index in [9.17, 15) is 14.9 Å². The van der Waals surface area contributed by atoms with Crippen LogP contribution in [-0.4, -0.2) is 48.6 Å². The predicted molar refractivity (Wildman–Crippen MR) is 98.7 cm³/mol. The molecule has 144 valence electrons. The lowest BCUT2D eigenvalue weighted by molar-refractivity contribution is -0.385. The quantitative estimate of drug-likeness (QED) is 0.617. The van der Waals surface area contributed by atoms with Crippen LogP contribution in [0.3, 0.4) is 0 Å². The van der Waals surface area contributed by atoms with Gasteiger partial charge in [0.15, 0.2) is 0 Å². The van der Waals surface area contributed by atoms with Crippen LogP contribution in [0.15, 0.2) is 34.7 Å². The molecule has 3 rings (SSSR count). The van der Waals surface area contributed by atoms with Crippen molar-refractivity contribution in [2.24, 2.45) is 0 Å². The number of nitrogens with one attached hydrogen (secondary N) is 1. The number of hydrogen-bond donors (Lipinski definition) is 1. The molecule has 1 N–H and O–H groups in total. The Bertz CT molecular complexity index is 827. The number of rotatable bonds is 6. The highest BCUT2D eigenvalue weighted by Gasteiger charge is 2.26. The fourth-order valence-electron chi connectivity index (χ4n) is 3.22. The number of amides is 1. The van der Waals surface area contributed by atoms with Gasteiger partial charge in [0.05, 0.1) is 24.2 Å². The van der Waals surface area contributed by atoms with E-state index in [-0.39, 0.29) is 17.6 Å². The minimum Gasteiger partial charge on any atom is -0.465 e. The van der Waals surface area contributed by atoms with Gasteiger partial charge < -0.3 is 14.5 Å². The van der Waals surface area contributed by atoms with E-state index in [2.05, 4.69) is 10.2 Å². The van der Waals surface area contributed by atoms with E-state index in [1.165, 1.54) is 18.2 Å². The van der Waals surface area contributed by atoms with E-state index in [4.69, 9.17) is 9.15 Å². The van der Waals surface area contributed by atoms with Crippen LogP contribution in [0, 0.1) is 24.0 Å². The molecule has 0 radical (unpaired) electrons. The molecule has 1 fully saturated rings. The summed E-state index contributed by atoms with van der Waals surface area (Å²) in [5.74, 6) is 1.35. The summed E-state index contributed by atoms with van der Waals surface area (Å²) in [6, 6.07) is 8.11. The number of ether oxygens (including phenoxy) is 1. The van der Waals surface area contributed by atoms with E-state index in [0.717, 1.165) is 24.6 Å². The molecule has 1 saturated heterocycles. The second-order valence-electron chi connectivity index (χ2n) is 6.58. The van der Waals surface area contributed by atoms with Crippen LogP contribution in [0.2, 0.25) is 0 Å². The van der Waals surface area contributed by atoms with Gasteiger partial charge in [0.1, 0.15) is 11.5 Å². The molecule has 1 aliphatic rings. The van der Waals surface area contributed by atoms with Gasteiger partial charge in [-0.25, -0.2) is 0 Å². The highest BCUT2D eigenvalue weighted by molar-refractivity contribution is 5.94. The first-order valence-electron chi connectivity index (χ1n) is 8.87. The first kappa shape index (κ1) is 19.1. The minimum atomic E-state index is -0.454. The van der Waals surface area contributed by atoms with E-state index in [1.807, 2.05) is 19.1 Å². The maximum atomic E-state index is 12.5. The van der Waals surface area contributed by atoms with Crippen LogP contribution in [0.25, 0.3) is 0 Å². The zero-order chi connectivity index (χ0) is 19.4. The second-order valence-corrected chi connectivity index (χ2v) is 6.58. The SMILES string of the molecule is Cc1ccc(C(CNC(=O)c2ccc([N+](=O)[O-])c(C)c2)N2CCOCC2)o1. The number of carbonyl (C=O) groups excluding carboxylic acids is 1. The van der Waals surface area contributed by atoms with Crippen LogP contribution in [0.1, 0.15) is 33.5 Å². The number of benzene rings is 1. The number of carbonyl (C=O) groups is 1. The molecule has 1 unspecified atom stereocenters. The number of nitro groups is 1. The molecule has 0 spiro atoms. The Morgan fingerprint density at radius 2 is 2.00 bits per heavy atom. The van der Waals surface area contributed by atoms with Crippen molar-refractivity contribution < 1.29 is 18.9 Å². The van der Waals surface area contributed by atoms with Gasteiger partial charge in [0.2, 0.25) is 0 Å². The van der Waals surface area contributed by atoms with Gasteiger partial charge in [-0.15, -0.1) is 0 Å². The summed E-state index contributed by atoms with van der Waals surface area (Å²) in [5.41, 5.74) is 0.859. The summed E-state index contributed by atoms with van der Waals surface area (Å²) in [6.07, 6.45) is 0. The molecule has 1 aliphatic heterocycles. The van der Waals surface area contributed by atoms with Gasteiger partial charge in [-0.2, -0.15) is 0 Å². The predicted octanol–water partition coefficient (Wildman–Crippen LogP) is 2.61. The van der Waals surface area contributed by atoms with Gasteiger partial charge in [-0.05, 0) is 38.1 Å². The average Bonchev–Trinajstić information content (AvgIpc) is 3.08. The molecule has 2 heterocycles. The lowest BCUT2D eigenvalue weighted by Gasteiger charge is -2.33. The van der Waals surface area contributed by atoms with Crippen molar-refractivity contribution in [3.63, 3.8) is 0 Å². The normalized spacial score (nSPS) is 16.1. The van der Waals surface area contributed by atoms with Crippen molar-refractivity contribution in [1.82, 2.24) is 10.2 Å². The number of hydrogen-bond acceptors (Lipinski definition) is 6. The van der Waals surface area contributed by atoms with Crippen molar-refractivity contribution in [1.29, 1.82) is 0 Å². The second kappa shape index (κ2) is 8.32. The molecule has 1 amide bonds. The fraction of sp³-hybridized carbons (Fsp3) is 0.421. The number of furan rings is 1. The molecule has 8 nitrogen and oxygen atoms in total. The third-order valence-corrected chi connectivity index (χ3v) is 4.69. The van der Waals surface area contributed by atoms with E-state index < -0.39 is 4.92 Å². The lowest BCUT2D eigenvalue weighted by Crippen LogP contribution is -2.43. The Hall–Kier alpha value is -2.71. The highest BCUT2D eigenvalue weighted by atomic mass is 16.6. The molecule has 0 bridgehead atoms. The molecule has 27 heavy (non-hydrogen) atoms. The van der Waals surface area contributed by atoms with E-state index >= 15 is 0 Å². The molecule has 1 aromatic heterocycles. The Kier molecular flexibility index (Phi) is 5.88. The molecule has 1 atom stereocenters. The van der Waals surface area contributed by atoms with Crippen molar-refractivity contribution >= 4 is 11.6 Å². The molecule has 2 aromatic rings. The Morgan fingerprint density at radius 3 is 2.59 bits per heavy atom. The first-order valence-corrected chi connectivity index (χ1v) is 8.87. The summed E-state index contributed by atoms with van der Waals surface area (Å²) >= 11 is 0. The van der Waals surface area contributed by atoms with Crippen LogP contribution in [0.5, 0.6) is 0 Å². The van der Waals surface area contributed by atoms with Crippen LogP contribution < -0.4 is 5.32 Å². The molecule has 1 aromatic carbocycles. The molecule has 0 aliphatic carbocycles. The van der Waals surface area contributed by atoms with E-state index in [1.54, 1.807) is 6.92 Å².